The molecule has 1 unspecified atom stereocenters. The lowest BCUT2D eigenvalue weighted by molar-refractivity contribution is 0.654. The minimum absolute atomic E-state index is 0.110. The van der Waals surface area contributed by atoms with Gasteiger partial charge in [0.1, 0.15) is 23.2 Å². The highest BCUT2D eigenvalue weighted by atomic mass is 16.3. The second-order valence-corrected chi connectivity index (χ2v) is 11.8. The van der Waals surface area contributed by atoms with Crippen LogP contribution in [0.25, 0.3) is 66.4 Å². The van der Waals surface area contributed by atoms with Crippen LogP contribution in [0.2, 0.25) is 0 Å². The molecule has 6 aromatic carbocycles. The molecule has 1 aliphatic rings. The molecule has 0 aliphatic carbocycles. The summed E-state index contributed by atoms with van der Waals surface area (Å²) < 4.78 is 6.40. The van der Waals surface area contributed by atoms with Crippen LogP contribution in [-0.4, -0.2) is 12.0 Å². The van der Waals surface area contributed by atoms with Crippen LogP contribution in [0.15, 0.2) is 162 Å². The predicted molar refractivity (Wildman–Crippen MR) is 195 cm³/mol. The van der Waals surface area contributed by atoms with Gasteiger partial charge in [0.2, 0.25) is 0 Å². The molecule has 0 saturated heterocycles. The highest BCUT2D eigenvalue weighted by molar-refractivity contribution is 6.10. The summed E-state index contributed by atoms with van der Waals surface area (Å²) in [6.45, 7) is 0. The molecule has 1 aromatic heterocycles. The highest BCUT2D eigenvalue weighted by Gasteiger charge is 2.14. The highest BCUT2D eigenvalue weighted by Crippen LogP contribution is 2.38. The summed E-state index contributed by atoms with van der Waals surface area (Å²) in [7, 11) is 0. The first-order chi connectivity index (χ1) is 23.6. The molecule has 0 bridgehead atoms. The maximum Gasteiger partial charge on any atom is 0.143 e. The number of hydrogen-bond donors (Lipinski definition) is 3. The number of amidine groups is 1. The Labute approximate surface area is 278 Å². The molecule has 1 aliphatic heterocycles. The van der Waals surface area contributed by atoms with E-state index in [1.165, 1.54) is 0 Å². The van der Waals surface area contributed by atoms with Crippen molar-refractivity contribution in [3.63, 3.8) is 0 Å². The lowest BCUT2D eigenvalue weighted by Gasteiger charge is -2.19. The van der Waals surface area contributed by atoms with Crippen LogP contribution in [0.1, 0.15) is 11.1 Å². The van der Waals surface area contributed by atoms with Crippen LogP contribution in [0.5, 0.6) is 0 Å². The Morgan fingerprint density at radius 3 is 1.94 bits per heavy atom. The number of furan rings is 1. The number of hydrogen-bond acceptors (Lipinski definition) is 4. The second-order valence-electron chi connectivity index (χ2n) is 11.8. The Kier molecular flexibility index (Phi) is 7.37. The monoisotopic (exact) mass is 618 g/mol. The SMILES string of the molecule is N#Cc1ccc(-c2cccc3c2oc2ccc(-c4cccc(-c5cccc(-c6cccc(C(=N)NC7C=CC=CN7)c6)c5)c4)cc23)cc1. The van der Waals surface area contributed by atoms with Crippen LogP contribution in [0, 0.1) is 16.7 Å². The molecule has 0 radical (unpaired) electrons. The topological polar surface area (TPSA) is 84.8 Å². The largest absolute Gasteiger partial charge is 0.455 e. The van der Waals surface area contributed by atoms with Gasteiger partial charge in [-0.25, -0.2) is 0 Å². The van der Waals surface area contributed by atoms with Crippen molar-refractivity contribution in [3.8, 4) is 50.6 Å². The van der Waals surface area contributed by atoms with Gasteiger partial charge in [-0.15, -0.1) is 0 Å². The number of dihydropyridines is 1. The third kappa shape index (κ3) is 5.53. The average Bonchev–Trinajstić information content (AvgIpc) is 3.54. The quantitative estimate of drug-likeness (QED) is 0.128. The molecule has 48 heavy (non-hydrogen) atoms. The number of nitrogens with one attached hydrogen (secondary N) is 3. The number of allylic oxidation sites excluding steroid dienone is 2. The molecule has 0 amide bonds. The van der Waals surface area contributed by atoms with Crippen molar-refractivity contribution in [2.75, 3.05) is 0 Å². The van der Waals surface area contributed by atoms with E-state index in [1.807, 2.05) is 60.8 Å². The first-order valence-corrected chi connectivity index (χ1v) is 15.8. The maximum atomic E-state index is 9.21. The Balaban J connectivity index is 1.09. The first-order valence-electron chi connectivity index (χ1n) is 15.8. The molecule has 8 rings (SSSR count). The molecule has 7 aromatic rings. The van der Waals surface area contributed by atoms with Gasteiger partial charge >= 0.3 is 0 Å². The third-order valence-corrected chi connectivity index (χ3v) is 8.78. The van der Waals surface area contributed by atoms with E-state index in [4.69, 9.17) is 9.83 Å². The molecule has 0 fully saturated rings. The van der Waals surface area contributed by atoms with Gasteiger partial charge in [0, 0.05) is 21.9 Å². The predicted octanol–water partition coefficient (Wildman–Crippen LogP) is 10.0. The minimum atomic E-state index is -0.110. The number of nitriles is 1. The molecule has 5 heteroatoms. The Morgan fingerprint density at radius 2 is 1.27 bits per heavy atom. The van der Waals surface area contributed by atoms with Crippen molar-refractivity contribution >= 4 is 27.8 Å². The van der Waals surface area contributed by atoms with Crippen molar-refractivity contribution in [1.82, 2.24) is 10.6 Å². The third-order valence-electron chi connectivity index (χ3n) is 8.78. The molecular weight excluding hydrogens is 589 g/mol. The second kappa shape index (κ2) is 12.3. The van der Waals surface area contributed by atoms with Crippen molar-refractivity contribution in [3.05, 3.63) is 169 Å². The maximum absolute atomic E-state index is 9.21. The fourth-order valence-electron chi connectivity index (χ4n) is 6.31. The van der Waals surface area contributed by atoms with E-state index in [1.54, 1.807) is 0 Å². The van der Waals surface area contributed by atoms with Crippen LogP contribution in [0.4, 0.5) is 0 Å². The normalized spacial score (nSPS) is 13.7. The summed E-state index contributed by atoms with van der Waals surface area (Å²) in [4.78, 5) is 0. The van der Waals surface area contributed by atoms with E-state index in [9.17, 15) is 5.26 Å². The summed E-state index contributed by atoms with van der Waals surface area (Å²) in [5, 5.41) is 26.4. The van der Waals surface area contributed by atoms with Crippen molar-refractivity contribution < 1.29 is 4.42 Å². The molecule has 0 spiro atoms. The van der Waals surface area contributed by atoms with Gasteiger partial charge in [-0.1, -0.05) is 97.1 Å². The van der Waals surface area contributed by atoms with Gasteiger partial charge in [-0.05, 0) is 99.8 Å². The van der Waals surface area contributed by atoms with Crippen LogP contribution in [-0.2, 0) is 0 Å². The van der Waals surface area contributed by atoms with E-state index in [0.29, 0.717) is 11.4 Å². The summed E-state index contributed by atoms with van der Waals surface area (Å²) in [5.74, 6) is 0.367. The number of fused-ring (bicyclic) bond motifs is 3. The van der Waals surface area contributed by atoms with Crippen LogP contribution in [0.3, 0.4) is 0 Å². The summed E-state index contributed by atoms with van der Waals surface area (Å²) in [6.07, 6.45) is 7.64. The average molecular weight is 619 g/mol. The fraction of sp³-hybridized carbons (Fsp3) is 0.0233. The van der Waals surface area contributed by atoms with E-state index in [0.717, 1.165) is 72.0 Å². The zero-order chi connectivity index (χ0) is 32.5. The van der Waals surface area contributed by atoms with E-state index < -0.39 is 0 Å². The van der Waals surface area contributed by atoms with Gasteiger partial charge in [0.15, 0.2) is 0 Å². The molecular formula is C43H30N4O. The van der Waals surface area contributed by atoms with E-state index in [2.05, 4.69) is 114 Å². The Hall–Kier alpha value is -6.64. The summed E-state index contributed by atoms with van der Waals surface area (Å²) >= 11 is 0. The minimum Gasteiger partial charge on any atom is -0.455 e. The van der Waals surface area contributed by atoms with Crippen molar-refractivity contribution in [2.45, 2.75) is 6.17 Å². The molecule has 2 heterocycles. The van der Waals surface area contributed by atoms with Gasteiger partial charge in [-0.2, -0.15) is 5.26 Å². The summed E-state index contributed by atoms with van der Waals surface area (Å²) in [6, 6.07) is 47.7. The van der Waals surface area contributed by atoms with E-state index >= 15 is 0 Å². The standard InChI is InChI=1S/C43H30N4O/c44-27-28-16-18-29(19-17-28)37-13-6-14-38-39-26-35(20-21-40(39)48-42(37)38)33-10-4-8-31(24-33)30-7-3-9-32(23-30)34-11-5-12-36(25-34)43(45)47-41-15-1-2-22-46-41/h1-26,41,46H,(H2,45,47). The summed E-state index contributed by atoms with van der Waals surface area (Å²) in [5.41, 5.74) is 11.8. The van der Waals surface area contributed by atoms with Crippen molar-refractivity contribution in [1.29, 1.82) is 10.7 Å². The molecule has 228 valence electrons. The van der Waals surface area contributed by atoms with Gasteiger partial charge in [-0.3, -0.25) is 5.41 Å². The van der Waals surface area contributed by atoms with Crippen LogP contribution < -0.4 is 10.6 Å². The zero-order valence-electron chi connectivity index (χ0n) is 25.9. The van der Waals surface area contributed by atoms with Crippen LogP contribution >= 0.6 is 0 Å². The van der Waals surface area contributed by atoms with Gasteiger partial charge in [0.05, 0.1) is 11.6 Å². The number of rotatable bonds is 6. The number of para-hydroxylation sites is 1. The Morgan fingerprint density at radius 1 is 0.646 bits per heavy atom. The first kappa shape index (κ1) is 28.8. The molecule has 0 saturated carbocycles. The number of benzene rings is 6. The fourth-order valence-corrected chi connectivity index (χ4v) is 6.31. The lowest BCUT2D eigenvalue weighted by Crippen LogP contribution is -2.42. The molecule has 5 nitrogen and oxygen atoms in total. The Bertz CT molecular complexity index is 2440. The molecule has 3 N–H and O–H groups in total. The lowest BCUT2D eigenvalue weighted by atomic mass is 9.95. The number of nitrogens with zero attached hydrogens (tertiary/aromatic N) is 1. The van der Waals surface area contributed by atoms with Crippen molar-refractivity contribution in [2.24, 2.45) is 0 Å². The smallest absolute Gasteiger partial charge is 0.143 e. The van der Waals surface area contributed by atoms with E-state index in [-0.39, 0.29) is 6.17 Å². The van der Waals surface area contributed by atoms with Gasteiger partial charge < -0.3 is 15.1 Å². The molecule has 1 atom stereocenters. The van der Waals surface area contributed by atoms with Gasteiger partial charge in [0.25, 0.3) is 0 Å². The zero-order valence-corrected chi connectivity index (χ0v) is 25.9.